The first-order chi connectivity index (χ1) is 8.59. The second-order valence-corrected chi connectivity index (χ2v) is 4.56. The molecule has 94 valence electrons. The van der Waals surface area contributed by atoms with Crippen LogP contribution in [0.1, 0.15) is 22.3 Å². The fourth-order valence-electron chi connectivity index (χ4n) is 1.99. The zero-order valence-electron chi connectivity index (χ0n) is 11.0. The maximum absolute atomic E-state index is 9.63. The molecule has 0 spiro atoms. The number of hydrogen-bond acceptors (Lipinski definition) is 2. The first kappa shape index (κ1) is 12.5. The molecule has 2 heteroatoms. The Kier molecular flexibility index (Phi) is 3.56. The Balaban J connectivity index is 2.19. The quantitative estimate of drug-likeness (QED) is 0.884. The Morgan fingerprint density at radius 3 is 2.22 bits per heavy atom. The Morgan fingerprint density at radius 2 is 1.56 bits per heavy atom. The van der Waals surface area contributed by atoms with Crippen molar-refractivity contribution in [1.29, 1.82) is 0 Å². The summed E-state index contributed by atoms with van der Waals surface area (Å²) in [5, 5.41) is 9.63. The topological polar surface area (TPSA) is 29.5 Å². The Bertz CT molecular complexity index is 539. The SMILES string of the molecule is Cc1cccc(C)c1COc1cccc(O)c1C. The first-order valence-corrected chi connectivity index (χ1v) is 6.06. The summed E-state index contributed by atoms with van der Waals surface area (Å²) in [4.78, 5) is 0. The third-order valence-electron chi connectivity index (χ3n) is 3.27. The van der Waals surface area contributed by atoms with Crippen molar-refractivity contribution in [2.75, 3.05) is 0 Å². The second-order valence-electron chi connectivity index (χ2n) is 4.56. The molecule has 0 aliphatic carbocycles. The Labute approximate surface area is 108 Å². The van der Waals surface area contributed by atoms with Crippen molar-refractivity contribution in [3.63, 3.8) is 0 Å². The predicted octanol–water partition coefficient (Wildman–Crippen LogP) is 3.90. The fourth-order valence-corrected chi connectivity index (χ4v) is 1.99. The highest BCUT2D eigenvalue weighted by Gasteiger charge is 2.06. The van der Waals surface area contributed by atoms with Gasteiger partial charge in [-0.2, -0.15) is 0 Å². The van der Waals surface area contributed by atoms with Crippen molar-refractivity contribution in [1.82, 2.24) is 0 Å². The molecule has 0 heterocycles. The van der Waals surface area contributed by atoms with Crippen molar-refractivity contribution in [2.45, 2.75) is 27.4 Å². The van der Waals surface area contributed by atoms with E-state index in [4.69, 9.17) is 4.74 Å². The molecule has 0 bridgehead atoms. The van der Waals surface area contributed by atoms with Gasteiger partial charge in [0.05, 0.1) is 0 Å². The van der Waals surface area contributed by atoms with Crippen LogP contribution in [0.25, 0.3) is 0 Å². The van der Waals surface area contributed by atoms with Crippen LogP contribution < -0.4 is 4.74 Å². The van der Waals surface area contributed by atoms with E-state index < -0.39 is 0 Å². The molecular weight excluding hydrogens is 224 g/mol. The summed E-state index contributed by atoms with van der Waals surface area (Å²) in [6.45, 7) is 6.56. The highest BCUT2D eigenvalue weighted by atomic mass is 16.5. The molecule has 0 amide bonds. The van der Waals surface area contributed by atoms with Crippen LogP contribution in [-0.4, -0.2) is 5.11 Å². The zero-order valence-corrected chi connectivity index (χ0v) is 11.0. The molecule has 2 aromatic carbocycles. The minimum Gasteiger partial charge on any atom is -0.508 e. The van der Waals surface area contributed by atoms with Crippen LogP contribution in [0.5, 0.6) is 11.5 Å². The number of phenolic OH excluding ortho intramolecular Hbond substituents is 1. The van der Waals surface area contributed by atoms with Gasteiger partial charge < -0.3 is 9.84 Å². The van der Waals surface area contributed by atoms with Gasteiger partial charge in [-0.1, -0.05) is 24.3 Å². The number of benzene rings is 2. The van der Waals surface area contributed by atoms with Crippen LogP contribution in [0.15, 0.2) is 36.4 Å². The molecule has 0 aliphatic rings. The van der Waals surface area contributed by atoms with Gasteiger partial charge in [0, 0.05) is 5.56 Å². The number of phenols is 1. The molecular formula is C16H18O2. The Morgan fingerprint density at radius 1 is 0.944 bits per heavy atom. The molecule has 2 nitrogen and oxygen atoms in total. The van der Waals surface area contributed by atoms with Gasteiger partial charge in [-0.15, -0.1) is 0 Å². The molecule has 18 heavy (non-hydrogen) atoms. The highest BCUT2D eigenvalue weighted by molar-refractivity contribution is 5.43. The molecule has 0 unspecified atom stereocenters. The average Bonchev–Trinajstić information content (AvgIpc) is 2.33. The van der Waals surface area contributed by atoms with E-state index >= 15 is 0 Å². The van der Waals surface area contributed by atoms with E-state index in [1.165, 1.54) is 16.7 Å². The third-order valence-corrected chi connectivity index (χ3v) is 3.27. The monoisotopic (exact) mass is 242 g/mol. The van der Waals surface area contributed by atoms with E-state index in [9.17, 15) is 5.11 Å². The van der Waals surface area contributed by atoms with Gasteiger partial charge in [-0.25, -0.2) is 0 Å². The van der Waals surface area contributed by atoms with E-state index in [1.807, 2.05) is 19.1 Å². The molecule has 0 aliphatic heterocycles. The molecule has 0 saturated carbocycles. The van der Waals surface area contributed by atoms with Crippen molar-refractivity contribution in [2.24, 2.45) is 0 Å². The zero-order chi connectivity index (χ0) is 13.1. The van der Waals surface area contributed by atoms with Crippen molar-refractivity contribution < 1.29 is 9.84 Å². The summed E-state index contributed by atoms with van der Waals surface area (Å²) < 4.78 is 5.81. The molecule has 0 atom stereocenters. The van der Waals surface area contributed by atoms with Crippen LogP contribution in [0, 0.1) is 20.8 Å². The van der Waals surface area contributed by atoms with E-state index in [1.54, 1.807) is 12.1 Å². The van der Waals surface area contributed by atoms with Crippen molar-refractivity contribution in [3.8, 4) is 11.5 Å². The summed E-state index contributed by atoms with van der Waals surface area (Å²) in [6, 6.07) is 11.6. The smallest absolute Gasteiger partial charge is 0.126 e. The van der Waals surface area contributed by atoms with Crippen molar-refractivity contribution in [3.05, 3.63) is 58.7 Å². The summed E-state index contributed by atoms with van der Waals surface area (Å²) in [5.41, 5.74) is 4.45. The molecule has 0 saturated heterocycles. The number of aryl methyl sites for hydroxylation is 2. The lowest BCUT2D eigenvalue weighted by Crippen LogP contribution is -2.01. The molecule has 1 N–H and O–H groups in total. The summed E-state index contributed by atoms with van der Waals surface area (Å²) in [6.07, 6.45) is 0. The fraction of sp³-hybridized carbons (Fsp3) is 0.250. The standard InChI is InChI=1S/C16H18O2/c1-11-6-4-7-12(2)14(11)10-18-16-9-5-8-15(17)13(16)3/h4-9,17H,10H2,1-3H3. The number of ether oxygens (including phenoxy) is 1. The van der Waals surface area contributed by atoms with Gasteiger partial charge >= 0.3 is 0 Å². The number of hydrogen-bond donors (Lipinski definition) is 1. The van der Waals surface area contributed by atoms with Crippen LogP contribution in [0.4, 0.5) is 0 Å². The average molecular weight is 242 g/mol. The summed E-state index contributed by atoms with van der Waals surface area (Å²) >= 11 is 0. The van der Waals surface area contributed by atoms with Gasteiger partial charge in [-0.3, -0.25) is 0 Å². The molecule has 0 fully saturated rings. The van der Waals surface area contributed by atoms with Crippen LogP contribution in [0.2, 0.25) is 0 Å². The van der Waals surface area contributed by atoms with Crippen LogP contribution in [0.3, 0.4) is 0 Å². The number of aromatic hydroxyl groups is 1. The normalized spacial score (nSPS) is 10.4. The highest BCUT2D eigenvalue weighted by Crippen LogP contribution is 2.27. The minimum absolute atomic E-state index is 0.272. The predicted molar refractivity (Wildman–Crippen MR) is 73.1 cm³/mol. The van der Waals surface area contributed by atoms with Gasteiger partial charge in [0.25, 0.3) is 0 Å². The summed E-state index contributed by atoms with van der Waals surface area (Å²) in [5.74, 6) is 1.01. The third kappa shape index (κ3) is 2.48. The molecule has 0 radical (unpaired) electrons. The van der Waals surface area contributed by atoms with E-state index in [-0.39, 0.29) is 5.75 Å². The molecule has 2 aromatic rings. The number of rotatable bonds is 3. The first-order valence-electron chi connectivity index (χ1n) is 6.06. The largest absolute Gasteiger partial charge is 0.508 e. The van der Waals surface area contributed by atoms with Crippen molar-refractivity contribution >= 4 is 0 Å². The van der Waals surface area contributed by atoms with E-state index in [0.717, 1.165) is 11.3 Å². The van der Waals surface area contributed by atoms with Crippen LogP contribution >= 0.6 is 0 Å². The van der Waals surface area contributed by atoms with E-state index in [0.29, 0.717) is 6.61 Å². The van der Waals surface area contributed by atoms with Crippen LogP contribution in [-0.2, 0) is 6.61 Å². The van der Waals surface area contributed by atoms with E-state index in [2.05, 4.69) is 26.0 Å². The van der Waals surface area contributed by atoms with Gasteiger partial charge in [0.1, 0.15) is 18.1 Å². The minimum atomic E-state index is 0.272. The lowest BCUT2D eigenvalue weighted by molar-refractivity contribution is 0.300. The summed E-state index contributed by atoms with van der Waals surface area (Å²) in [7, 11) is 0. The van der Waals surface area contributed by atoms with Gasteiger partial charge in [0.15, 0.2) is 0 Å². The second kappa shape index (κ2) is 5.13. The lowest BCUT2D eigenvalue weighted by atomic mass is 10.0. The Hall–Kier alpha value is -1.96. The molecule has 0 aromatic heterocycles. The maximum Gasteiger partial charge on any atom is 0.126 e. The maximum atomic E-state index is 9.63. The van der Waals surface area contributed by atoms with Gasteiger partial charge in [-0.05, 0) is 49.6 Å². The van der Waals surface area contributed by atoms with Gasteiger partial charge in [0.2, 0.25) is 0 Å². The molecule has 2 rings (SSSR count). The lowest BCUT2D eigenvalue weighted by Gasteiger charge is -2.13.